The maximum atomic E-state index is 12.8. The second-order valence-electron chi connectivity index (χ2n) is 9.45. The minimum absolute atomic E-state index is 0.0149. The zero-order valence-electron chi connectivity index (χ0n) is 18.1. The van der Waals surface area contributed by atoms with Gasteiger partial charge in [-0.15, -0.1) is 11.3 Å². The molecule has 0 spiro atoms. The Bertz CT molecular complexity index is 751. The van der Waals surface area contributed by atoms with E-state index in [1.165, 1.54) is 23.3 Å². The SMILES string of the molecule is CCC(C)(C)C1CCc2c(sc(NC(=O)CN3C(C)CCCC3C)c2C#N)C1. The molecule has 3 atom stereocenters. The third-order valence-corrected chi connectivity index (χ3v) is 8.52. The molecule has 0 radical (unpaired) electrons. The molecule has 3 unspecified atom stereocenters. The molecular weight excluding hydrogens is 366 g/mol. The van der Waals surface area contributed by atoms with Crippen molar-refractivity contribution in [2.24, 2.45) is 11.3 Å². The van der Waals surface area contributed by atoms with E-state index in [-0.39, 0.29) is 5.91 Å². The summed E-state index contributed by atoms with van der Waals surface area (Å²) < 4.78 is 0. The highest BCUT2D eigenvalue weighted by molar-refractivity contribution is 7.16. The van der Waals surface area contributed by atoms with E-state index in [9.17, 15) is 10.1 Å². The number of carbonyl (C=O) groups excluding carboxylic acids is 1. The molecule has 1 N–H and O–H groups in total. The smallest absolute Gasteiger partial charge is 0.239 e. The van der Waals surface area contributed by atoms with Crippen LogP contribution in [0.1, 0.15) is 82.7 Å². The summed E-state index contributed by atoms with van der Waals surface area (Å²) in [5.41, 5.74) is 2.21. The fourth-order valence-electron chi connectivity index (χ4n) is 4.87. The van der Waals surface area contributed by atoms with Crippen LogP contribution in [0.15, 0.2) is 0 Å². The van der Waals surface area contributed by atoms with Crippen LogP contribution in [0.2, 0.25) is 0 Å². The first-order valence-corrected chi connectivity index (χ1v) is 11.7. The lowest BCUT2D eigenvalue weighted by molar-refractivity contribution is -0.118. The number of carbonyl (C=O) groups is 1. The van der Waals surface area contributed by atoms with Gasteiger partial charge in [-0.2, -0.15) is 5.26 Å². The van der Waals surface area contributed by atoms with Crippen LogP contribution in [0.3, 0.4) is 0 Å². The van der Waals surface area contributed by atoms with Crippen LogP contribution < -0.4 is 5.32 Å². The van der Waals surface area contributed by atoms with Crippen molar-refractivity contribution >= 4 is 22.2 Å². The maximum absolute atomic E-state index is 12.8. The lowest BCUT2D eigenvalue weighted by Crippen LogP contribution is -2.47. The van der Waals surface area contributed by atoms with Gasteiger partial charge in [0.05, 0.1) is 12.1 Å². The van der Waals surface area contributed by atoms with E-state index in [0.29, 0.717) is 35.5 Å². The molecule has 0 bridgehead atoms. The average molecular weight is 402 g/mol. The Morgan fingerprint density at radius 2 is 1.96 bits per heavy atom. The Labute approximate surface area is 174 Å². The molecule has 1 saturated heterocycles. The van der Waals surface area contributed by atoms with E-state index >= 15 is 0 Å². The molecule has 154 valence electrons. The van der Waals surface area contributed by atoms with Gasteiger partial charge >= 0.3 is 0 Å². The minimum atomic E-state index is 0.0149. The number of nitrogens with zero attached hydrogens (tertiary/aromatic N) is 2. The van der Waals surface area contributed by atoms with E-state index in [0.717, 1.165) is 37.1 Å². The van der Waals surface area contributed by atoms with Gasteiger partial charge in [0.1, 0.15) is 11.1 Å². The summed E-state index contributed by atoms with van der Waals surface area (Å²) in [5.74, 6) is 0.662. The van der Waals surface area contributed by atoms with Gasteiger partial charge in [0, 0.05) is 17.0 Å². The van der Waals surface area contributed by atoms with Gasteiger partial charge < -0.3 is 5.32 Å². The molecule has 28 heavy (non-hydrogen) atoms. The fourth-order valence-corrected chi connectivity index (χ4v) is 6.16. The van der Waals surface area contributed by atoms with E-state index in [4.69, 9.17) is 0 Å². The van der Waals surface area contributed by atoms with Crippen LogP contribution in [-0.4, -0.2) is 29.4 Å². The molecule has 2 heterocycles. The number of hydrogen-bond acceptors (Lipinski definition) is 4. The summed E-state index contributed by atoms with van der Waals surface area (Å²) in [6.45, 7) is 11.8. The number of nitrogens with one attached hydrogen (secondary N) is 1. The molecule has 5 heteroatoms. The third kappa shape index (κ3) is 4.28. The van der Waals surface area contributed by atoms with Gasteiger partial charge in [-0.25, -0.2) is 0 Å². The predicted molar refractivity (Wildman–Crippen MR) is 117 cm³/mol. The topological polar surface area (TPSA) is 56.1 Å². The maximum Gasteiger partial charge on any atom is 0.239 e. The quantitative estimate of drug-likeness (QED) is 0.722. The number of hydrogen-bond donors (Lipinski definition) is 1. The molecule has 1 amide bonds. The van der Waals surface area contributed by atoms with Crippen LogP contribution in [0.4, 0.5) is 5.00 Å². The van der Waals surface area contributed by atoms with Crippen LogP contribution in [0.25, 0.3) is 0 Å². The van der Waals surface area contributed by atoms with Gasteiger partial charge in [0.2, 0.25) is 5.91 Å². The number of anilines is 1. The second kappa shape index (κ2) is 8.55. The summed E-state index contributed by atoms with van der Waals surface area (Å²) in [6.07, 6.45) is 7.84. The van der Waals surface area contributed by atoms with Crippen molar-refractivity contribution in [3.05, 3.63) is 16.0 Å². The van der Waals surface area contributed by atoms with Gasteiger partial charge in [-0.1, -0.05) is 33.6 Å². The first-order chi connectivity index (χ1) is 13.3. The Morgan fingerprint density at radius 1 is 1.29 bits per heavy atom. The molecule has 1 fully saturated rings. The Balaban J connectivity index is 1.73. The molecule has 3 rings (SSSR count). The Hall–Kier alpha value is -1.38. The summed E-state index contributed by atoms with van der Waals surface area (Å²) in [7, 11) is 0. The minimum Gasteiger partial charge on any atom is -0.315 e. The molecule has 4 nitrogen and oxygen atoms in total. The number of amides is 1. The number of thiophene rings is 1. The van der Waals surface area contributed by atoms with Crippen molar-refractivity contribution < 1.29 is 4.79 Å². The van der Waals surface area contributed by atoms with Crippen molar-refractivity contribution in [3.63, 3.8) is 0 Å². The van der Waals surface area contributed by atoms with Crippen molar-refractivity contribution in [1.82, 2.24) is 4.90 Å². The molecule has 0 saturated carbocycles. The van der Waals surface area contributed by atoms with Crippen molar-refractivity contribution in [2.75, 3.05) is 11.9 Å². The van der Waals surface area contributed by atoms with E-state index in [2.05, 4.69) is 50.9 Å². The summed E-state index contributed by atoms with van der Waals surface area (Å²) in [5, 5.41) is 13.6. The number of nitriles is 1. The number of fused-ring (bicyclic) bond motifs is 1. The molecule has 1 aliphatic carbocycles. The van der Waals surface area contributed by atoms with Crippen molar-refractivity contribution in [3.8, 4) is 6.07 Å². The molecule has 1 aromatic heterocycles. The van der Waals surface area contributed by atoms with Crippen molar-refractivity contribution in [2.45, 2.75) is 91.6 Å². The summed E-state index contributed by atoms with van der Waals surface area (Å²) in [4.78, 5) is 16.4. The van der Waals surface area contributed by atoms with Gasteiger partial charge in [-0.05, 0) is 62.8 Å². The molecule has 1 aromatic rings. The van der Waals surface area contributed by atoms with Gasteiger partial charge in [-0.3, -0.25) is 9.69 Å². The number of rotatable bonds is 5. The van der Waals surface area contributed by atoms with E-state index < -0.39 is 0 Å². The molecule has 2 aliphatic rings. The lowest BCUT2D eigenvalue weighted by atomic mass is 9.69. The first kappa shape index (κ1) is 21.3. The zero-order chi connectivity index (χ0) is 20.5. The highest BCUT2D eigenvalue weighted by Crippen LogP contribution is 2.45. The fraction of sp³-hybridized carbons (Fsp3) is 0.739. The number of piperidine rings is 1. The highest BCUT2D eigenvalue weighted by atomic mass is 32.1. The second-order valence-corrected chi connectivity index (χ2v) is 10.6. The monoisotopic (exact) mass is 401 g/mol. The summed E-state index contributed by atoms with van der Waals surface area (Å²) >= 11 is 1.64. The Morgan fingerprint density at radius 3 is 2.57 bits per heavy atom. The van der Waals surface area contributed by atoms with Crippen LogP contribution in [0.5, 0.6) is 0 Å². The Kier molecular flexibility index (Phi) is 6.51. The van der Waals surface area contributed by atoms with Crippen molar-refractivity contribution in [1.29, 1.82) is 5.26 Å². The van der Waals surface area contributed by atoms with Crippen LogP contribution in [-0.2, 0) is 17.6 Å². The predicted octanol–water partition coefficient (Wildman–Crippen LogP) is 5.36. The molecule has 1 aliphatic heterocycles. The highest BCUT2D eigenvalue weighted by Gasteiger charge is 2.34. The standard InChI is InChI=1S/C23H35N3OS/c1-6-23(4,5)17-10-11-18-19(13-24)22(28-20(18)12-17)25-21(27)14-26-15(2)8-7-9-16(26)3/h15-17H,6-12,14H2,1-5H3,(H,25,27). The largest absolute Gasteiger partial charge is 0.315 e. The number of likely N-dealkylation sites (tertiary alicyclic amines) is 1. The zero-order valence-corrected chi connectivity index (χ0v) is 18.9. The molecule has 0 aromatic carbocycles. The van der Waals surface area contributed by atoms with Crippen LogP contribution in [0, 0.1) is 22.7 Å². The van der Waals surface area contributed by atoms with Gasteiger partial charge in [0.25, 0.3) is 0 Å². The van der Waals surface area contributed by atoms with Gasteiger partial charge in [0.15, 0.2) is 0 Å². The summed E-state index contributed by atoms with van der Waals surface area (Å²) in [6, 6.07) is 3.27. The molecular formula is C23H35N3OS. The average Bonchev–Trinajstić information content (AvgIpc) is 3.00. The first-order valence-electron chi connectivity index (χ1n) is 10.9. The van der Waals surface area contributed by atoms with E-state index in [1.54, 1.807) is 11.3 Å². The lowest BCUT2D eigenvalue weighted by Gasteiger charge is -2.38. The van der Waals surface area contributed by atoms with Crippen LogP contribution >= 0.6 is 11.3 Å². The normalized spacial score (nSPS) is 25.8. The van der Waals surface area contributed by atoms with E-state index in [1.807, 2.05) is 0 Å². The third-order valence-electron chi connectivity index (χ3n) is 7.35.